The van der Waals surface area contributed by atoms with Crippen molar-refractivity contribution in [2.75, 3.05) is 13.7 Å². The van der Waals surface area contributed by atoms with Gasteiger partial charge in [-0.1, -0.05) is 25.8 Å². The van der Waals surface area contributed by atoms with Gasteiger partial charge >= 0.3 is 5.97 Å². The van der Waals surface area contributed by atoms with Gasteiger partial charge in [-0.25, -0.2) is 4.79 Å². The monoisotopic (exact) mass is 363 g/mol. The molecule has 1 aromatic rings. The zero-order valence-corrected chi connectivity index (χ0v) is 16.0. The zero-order valence-electron chi connectivity index (χ0n) is 16.0. The third-order valence-corrected chi connectivity index (χ3v) is 4.78. The Hall–Kier alpha value is -2.24. The van der Waals surface area contributed by atoms with E-state index in [1.165, 1.54) is 6.42 Å². The number of carbonyl (C=O) groups is 2. The van der Waals surface area contributed by atoms with E-state index in [0.29, 0.717) is 17.4 Å². The second-order valence-corrected chi connectivity index (χ2v) is 6.95. The van der Waals surface area contributed by atoms with Gasteiger partial charge in [0.15, 0.2) is 24.2 Å². The fraction of sp³-hybridized carbons (Fsp3) is 0.600. The average Bonchev–Trinajstić information content (AvgIpc) is 2.62. The largest absolute Gasteiger partial charge is 0.493 e. The summed E-state index contributed by atoms with van der Waals surface area (Å²) in [4.78, 5) is 24.2. The van der Waals surface area contributed by atoms with Crippen LogP contribution in [0.5, 0.6) is 11.5 Å². The highest BCUT2D eigenvalue weighted by atomic mass is 16.6. The number of ether oxygens (including phenoxy) is 3. The fourth-order valence-corrected chi connectivity index (χ4v) is 3.15. The van der Waals surface area contributed by atoms with E-state index < -0.39 is 12.1 Å². The molecule has 26 heavy (non-hydrogen) atoms. The number of nitrogens with one attached hydrogen (secondary N) is 1. The highest BCUT2D eigenvalue weighted by Gasteiger charge is 2.26. The first-order valence-corrected chi connectivity index (χ1v) is 9.18. The van der Waals surface area contributed by atoms with Crippen LogP contribution in [-0.4, -0.2) is 37.7 Å². The van der Waals surface area contributed by atoms with Crippen molar-refractivity contribution < 1.29 is 23.8 Å². The predicted octanol–water partition coefficient (Wildman–Crippen LogP) is 3.01. The van der Waals surface area contributed by atoms with Crippen molar-refractivity contribution in [2.24, 2.45) is 5.92 Å². The topological polar surface area (TPSA) is 73.9 Å². The molecule has 0 aromatic heterocycles. The van der Waals surface area contributed by atoms with Crippen molar-refractivity contribution in [1.82, 2.24) is 5.32 Å². The third kappa shape index (κ3) is 5.64. The molecule has 3 atom stereocenters. The Morgan fingerprint density at radius 2 is 1.96 bits per heavy atom. The van der Waals surface area contributed by atoms with Gasteiger partial charge in [0.2, 0.25) is 0 Å². The van der Waals surface area contributed by atoms with Crippen LogP contribution in [0.4, 0.5) is 0 Å². The lowest BCUT2D eigenvalue weighted by atomic mass is 9.86. The molecule has 2 rings (SSSR count). The van der Waals surface area contributed by atoms with E-state index in [1.807, 2.05) is 19.1 Å². The standard InChI is InChI=1S/C20H29NO5/c1-13-9-10-17(18(11-13)24-4)25-12-19(22)26-15(3)20(23)21-16-8-6-5-7-14(16)2/h9-11,14-16H,5-8,12H2,1-4H3,(H,21,23). The van der Waals surface area contributed by atoms with Gasteiger partial charge in [0, 0.05) is 6.04 Å². The summed E-state index contributed by atoms with van der Waals surface area (Å²) >= 11 is 0. The molecule has 0 saturated heterocycles. The van der Waals surface area contributed by atoms with E-state index in [4.69, 9.17) is 14.2 Å². The van der Waals surface area contributed by atoms with Crippen molar-refractivity contribution in [2.45, 2.75) is 58.6 Å². The Morgan fingerprint density at radius 1 is 1.23 bits per heavy atom. The Kier molecular flexibility index (Phi) is 7.30. The summed E-state index contributed by atoms with van der Waals surface area (Å²) < 4.78 is 15.9. The molecular formula is C20H29NO5. The molecule has 0 spiro atoms. The van der Waals surface area contributed by atoms with Gasteiger partial charge in [-0.15, -0.1) is 0 Å². The second kappa shape index (κ2) is 9.46. The van der Waals surface area contributed by atoms with Crippen LogP contribution < -0.4 is 14.8 Å². The van der Waals surface area contributed by atoms with E-state index in [-0.39, 0.29) is 18.6 Å². The molecular weight excluding hydrogens is 334 g/mol. The lowest BCUT2D eigenvalue weighted by Crippen LogP contribution is -2.46. The average molecular weight is 363 g/mol. The number of hydrogen-bond donors (Lipinski definition) is 1. The van der Waals surface area contributed by atoms with Crippen molar-refractivity contribution in [3.8, 4) is 11.5 Å². The van der Waals surface area contributed by atoms with Crippen LogP contribution in [0, 0.1) is 12.8 Å². The Bertz CT molecular complexity index is 631. The third-order valence-electron chi connectivity index (χ3n) is 4.78. The van der Waals surface area contributed by atoms with Crippen molar-refractivity contribution in [3.63, 3.8) is 0 Å². The molecule has 3 unspecified atom stereocenters. The maximum absolute atomic E-state index is 12.3. The maximum atomic E-state index is 12.3. The van der Waals surface area contributed by atoms with Crippen molar-refractivity contribution >= 4 is 11.9 Å². The smallest absolute Gasteiger partial charge is 0.344 e. The van der Waals surface area contributed by atoms with Crippen LogP contribution in [0.25, 0.3) is 0 Å². The van der Waals surface area contributed by atoms with Crippen molar-refractivity contribution in [3.05, 3.63) is 23.8 Å². The van der Waals surface area contributed by atoms with E-state index in [0.717, 1.165) is 24.8 Å². The van der Waals surface area contributed by atoms with Gasteiger partial charge in [-0.2, -0.15) is 0 Å². The molecule has 0 heterocycles. The Labute approximate surface area is 155 Å². The molecule has 0 radical (unpaired) electrons. The van der Waals surface area contributed by atoms with Crippen LogP contribution in [0.15, 0.2) is 18.2 Å². The summed E-state index contributed by atoms with van der Waals surface area (Å²) in [6.07, 6.45) is 3.57. The summed E-state index contributed by atoms with van der Waals surface area (Å²) in [7, 11) is 1.54. The van der Waals surface area contributed by atoms with Crippen LogP contribution in [0.2, 0.25) is 0 Å². The number of rotatable bonds is 7. The summed E-state index contributed by atoms with van der Waals surface area (Å²) in [5, 5.41) is 3.00. The Morgan fingerprint density at radius 3 is 2.65 bits per heavy atom. The fourth-order valence-electron chi connectivity index (χ4n) is 3.15. The molecule has 1 fully saturated rings. The number of carbonyl (C=O) groups excluding carboxylic acids is 2. The van der Waals surface area contributed by atoms with Gasteiger partial charge in [0.25, 0.3) is 5.91 Å². The summed E-state index contributed by atoms with van der Waals surface area (Å²) in [6, 6.07) is 5.58. The number of esters is 1. The molecule has 1 aromatic carbocycles. The van der Waals surface area contributed by atoms with Gasteiger partial charge in [-0.05, 0) is 50.3 Å². The number of hydrogen-bond acceptors (Lipinski definition) is 5. The summed E-state index contributed by atoms with van der Waals surface area (Å²) in [5.41, 5.74) is 1.03. The maximum Gasteiger partial charge on any atom is 0.344 e. The van der Waals surface area contributed by atoms with E-state index in [9.17, 15) is 9.59 Å². The predicted molar refractivity (Wildman–Crippen MR) is 98.3 cm³/mol. The highest BCUT2D eigenvalue weighted by molar-refractivity contribution is 5.84. The Balaban J connectivity index is 1.80. The van der Waals surface area contributed by atoms with Crippen LogP contribution in [-0.2, 0) is 14.3 Å². The highest BCUT2D eigenvalue weighted by Crippen LogP contribution is 2.27. The lowest BCUT2D eigenvalue weighted by Gasteiger charge is -2.30. The van der Waals surface area contributed by atoms with Crippen LogP contribution in [0.1, 0.15) is 45.1 Å². The quantitative estimate of drug-likeness (QED) is 0.754. The number of methoxy groups -OCH3 is 1. The molecule has 6 nitrogen and oxygen atoms in total. The van der Waals surface area contributed by atoms with E-state index >= 15 is 0 Å². The number of benzene rings is 1. The SMILES string of the molecule is COc1cc(C)ccc1OCC(=O)OC(C)C(=O)NC1CCCCC1C. The van der Waals surface area contributed by atoms with E-state index in [1.54, 1.807) is 20.1 Å². The first-order chi connectivity index (χ1) is 12.4. The molecule has 1 aliphatic rings. The summed E-state index contributed by atoms with van der Waals surface area (Å²) in [6.45, 7) is 5.38. The van der Waals surface area contributed by atoms with Gasteiger partial charge in [-0.3, -0.25) is 4.79 Å². The zero-order chi connectivity index (χ0) is 19.1. The molecule has 6 heteroatoms. The first kappa shape index (κ1) is 20.1. The van der Waals surface area contributed by atoms with Crippen LogP contribution >= 0.6 is 0 Å². The molecule has 0 aliphatic heterocycles. The molecule has 1 saturated carbocycles. The molecule has 144 valence electrons. The van der Waals surface area contributed by atoms with E-state index in [2.05, 4.69) is 12.2 Å². The minimum absolute atomic E-state index is 0.158. The summed E-state index contributed by atoms with van der Waals surface area (Å²) in [5.74, 6) is 0.614. The minimum atomic E-state index is -0.847. The molecule has 1 N–H and O–H groups in total. The number of amides is 1. The minimum Gasteiger partial charge on any atom is -0.493 e. The van der Waals surface area contributed by atoms with Gasteiger partial charge < -0.3 is 19.5 Å². The second-order valence-electron chi connectivity index (χ2n) is 6.95. The van der Waals surface area contributed by atoms with Crippen molar-refractivity contribution in [1.29, 1.82) is 0 Å². The van der Waals surface area contributed by atoms with Gasteiger partial charge in [0.05, 0.1) is 7.11 Å². The van der Waals surface area contributed by atoms with Crippen LogP contribution in [0.3, 0.4) is 0 Å². The van der Waals surface area contributed by atoms with Gasteiger partial charge in [0.1, 0.15) is 0 Å². The molecule has 1 aliphatic carbocycles. The lowest BCUT2D eigenvalue weighted by molar-refractivity contribution is -0.157. The first-order valence-electron chi connectivity index (χ1n) is 9.18. The molecule has 1 amide bonds. The normalized spacial score (nSPS) is 20.8. The molecule has 0 bridgehead atoms. The number of aryl methyl sites for hydroxylation is 1.